The Morgan fingerprint density at radius 1 is 0.481 bits per heavy atom. The molecule has 10 rings (SSSR count). The first kappa shape index (κ1) is 31.1. The zero-order valence-electron chi connectivity index (χ0n) is 30.7. The monoisotopic (exact) mass is 669 g/mol. The molecular formula is C51H43N. The molecule has 1 aromatic heterocycles. The molecule has 8 aromatic rings. The number of rotatable bonds is 4. The van der Waals surface area contributed by atoms with Crippen molar-refractivity contribution in [1.29, 1.82) is 0 Å². The van der Waals surface area contributed by atoms with Gasteiger partial charge in [0, 0.05) is 16.5 Å². The van der Waals surface area contributed by atoms with Crippen molar-refractivity contribution in [3.63, 3.8) is 0 Å². The first-order valence-corrected chi connectivity index (χ1v) is 18.7. The van der Waals surface area contributed by atoms with E-state index in [2.05, 4.69) is 197 Å². The molecule has 2 aliphatic rings. The topological polar surface area (TPSA) is 4.93 Å². The van der Waals surface area contributed by atoms with Crippen molar-refractivity contribution in [2.24, 2.45) is 0 Å². The summed E-state index contributed by atoms with van der Waals surface area (Å²) in [4.78, 5) is 0. The first-order valence-electron chi connectivity index (χ1n) is 18.7. The van der Waals surface area contributed by atoms with Gasteiger partial charge in [0.2, 0.25) is 0 Å². The molecule has 2 aliphatic carbocycles. The predicted octanol–water partition coefficient (Wildman–Crippen LogP) is 12.9. The molecule has 1 heterocycles. The largest absolute Gasteiger partial charge is 0.309 e. The van der Waals surface area contributed by atoms with Gasteiger partial charge in [-0.05, 0) is 96.6 Å². The summed E-state index contributed by atoms with van der Waals surface area (Å²) in [7, 11) is 0. The van der Waals surface area contributed by atoms with Crippen molar-refractivity contribution in [1.82, 2.24) is 4.57 Å². The van der Waals surface area contributed by atoms with Crippen LogP contribution in [0.1, 0.15) is 73.6 Å². The fourth-order valence-corrected chi connectivity index (χ4v) is 9.81. The Labute approximate surface area is 307 Å². The molecule has 7 aromatic carbocycles. The number of hydrogen-bond donors (Lipinski definition) is 0. The molecule has 0 radical (unpaired) electrons. The minimum absolute atomic E-state index is 0.0126. The summed E-state index contributed by atoms with van der Waals surface area (Å²) in [6.45, 7) is 11.8. The van der Waals surface area contributed by atoms with E-state index in [4.69, 9.17) is 0 Å². The average Bonchev–Trinajstić information content (AvgIpc) is 3.76. The SMILES string of the molecule is CC(C)(C)c1cccc2c3ccc(CC(C)(C)c4ccc5c(c4)-c4ccccc4C54c5ccccc5-c5ccccc54)cc3n(-c3ccccc3)c12. The lowest BCUT2D eigenvalue weighted by Gasteiger charge is -2.31. The Balaban J connectivity index is 1.12. The van der Waals surface area contributed by atoms with Crippen molar-refractivity contribution in [3.8, 4) is 27.9 Å². The molecule has 0 unspecified atom stereocenters. The second-order valence-electron chi connectivity index (χ2n) is 16.7. The second kappa shape index (κ2) is 10.9. The minimum atomic E-state index is -0.302. The molecule has 52 heavy (non-hydrogen) atoms. The molecule has 0 bridgehead atoms. The second-order valence-corrected chi connectivity index (χ2v) is 16.7. The van der Waals surface area contributed by atoms with Crippen LogP contribution in [-0.2, 0) is 22.7 Å². The van der Waals surface area contributed by atoms with Crippen LogP contribution in [0.25, 0.3) is 49.7 Å². The fraction of sp³-hybridized carbons (Fsp3) is 0.176. The molecule has 0 saturated carbocycles. The number of fused-ring (bicyclic) bond motifs is 13. The molecular weight excluding hydrogens is 627 g/mol. The van der Waals surface area contributed by atoms with Gasteiger partial charge in [-0.15, -0.1) is 0 Å². The van der Waals surface area contributed by atoms with Crippen LogP contribution in [0, 0.1) is 0 Å². The highest BCUT2D eigenvalue weighted by atomic mass is 15.0. The van der Waals surface area contributed by atoms with Crippen LogP contribution in [0.3, 0.4) is 0 Å². The van der Waals surface area contributed by atoms with Gasteiger partial charge in [-0.3, -0.25) is 0 Å². The molecule has 0 atom stereocenters. The summed E-state index contributed by atoms with van der Waals surface area (Å²) in [5, 5.41) is 2.63. The maximum absolute atomic E-state index is 2.52. The molecule has 1 heteroatoms. The number of benzene rings is 7. The highest BCUT2D eigenvalue weighted by Gasteiger charge is 2.51. The third kappa shape index (κ3) is 4.23. The number of nitrogens with zero attached hydrogens (tertiary/aromatic N) is 1. The van der Waals surface area contributed by atoms with E-state index in [1.165, 1.54) is 88.7 Å². The smallest absolute Gasteiger partial charge is 0.0725 e. The van der Waals surface area contributed by atoms with Crippen molar-refractivity contribution < 1.29 is 0 Å². The molecule has 1 nitrogen and oxygen atoms in total. The van der Waals surface area contributed by atoms with Crippen LogP contribution < -0.4 is 0 Å². The third-order valence-electron chi connectivity index (χ3n) is 12.1. The van der Waals surface area contributed by atoms with Crippen LogP contribution >= 0.6 is 0 Å². The van der Waals surface area contributed by atoms with Gasteiger partial charge in [-0.2, -0.15) is 0 Å². The molecule has 252 valence electrons. The number of aromatic nitrogens is 1. The van der Waals surface area contributed by atoms with Crippen molar-refractivity contribution in [3.05, 3.63) is 197 Å². The van der Waals surface area contributed by atoms with Crippen LogP contribution in [0.5, 0.6) is 0 Å². The van der Waals surface area contributed by atoms with E-state index in [-0.39, 0.29) is 16.2 Å². The van der Waals surface area contributed by atoms with Gasteiger partial charge < -0.3 is 4.57 Å². The summed E-state index contributed by atoms with van der Waals surface area (Å²) >= 11 is 0. The van der Waals surface area contributed by atoms with Crippen molar-refractivity contribution in [2.45, 2.75) is 57.3 Å². The Hall–Kier alpha value is -5.66. The van der Waals surface area contributed by atoms with Gasteiger partial charge in [0.25, 0.3) is 0 Å². The highest BCUT2D eigenvalue weighted by Crippen LogP contribution is 2.63. The number of para-hydroxylation sites is 2. The molecule has 1 spiro atoms. The predicted molar refractivity (Wildman–Crippen MR) is 219 cm³/mol. The number of hydrogen-bond acceptors (Lipinski definition) is 0. The lowest BCUT2D eigenvalue weighted by molar-refractivity contribution is 0.522. The minimum Gasteiger partial charge on any atom is -0.309 e. The molecule has 0 N–H and O–H groups in total. The van der Waals surface area contributed by atoms with Gasteiger partial charge in [0.05, 0.1) is 16.4 Å². The fourth-order valence-electron chi connectivity index (χ4n) is 9.81. The van der Waals surface area contributed by atoms with Gasteiger partial charge in [0.15, 0.2) is 0 Å². The molecule has 0 amide bonds. The Kier molecular flexibility index (Phi) is 6.53. The lowest BCUT2D eigenvalue weighted by atomic mass is 9.70. The standard InChI is InChI=1S/C51H43N/c1-49(2,3)46-25-15-21-40-39-28-26-33(30-47(39)52(48(40)46)35-16-7-6-8-17-35)32-50(4,5)34-27-29-45-41(31-34)38-20-11-14-24-44(38)51(45)42-22-12-9-18-36(42)37-19-10-13-23-43(37)51/h6-31H,32H2,1-5H3. The van der Waals surface area contributed by atoms with Crippen LogP contribution in [-0.4, -0.2) is 4.57 Å². The first-order chi connectivity index (χ1) is 25.2. The quantitative estimate of drug-likeness (QED) is 0.176. The lowest BCUT2D eigenvalue weighted by Crippen LogP contribution is -2.26. The van der Waals surface area contributed by atoms with E-state index in [9.17, 15) is 0 Å². The molecule has 0 aliphatic heterocycles. The van der Waals surface area contributed by atoms with E-state index < -0.39 is 0 Å². The van der Waals surface area contributed by atoms with Crippen molar-refractivity contribution in [2.75, 3.05) is 0 Å². The normalized spacial score (nSPS) is 14.1. The molecule has 0 saturated heterocycles. The summed E-state index contributed by atoms with van der Waals surface area (Å²) in [6.07, 6.45) is 0.933. The van der Waals surface area contributed by atoms with E-state index in [1.807, 2.05) is 0 Å². The van der Waals surface area contributed by atoms with E-state index in [1.54, 1.807) is 0 Å². The van der Waals surface area contributed by atoms with E-state index >= 15 is 0 Å². The zero-order chi connectivity index (χ0) is 35.4. The van der Waals surface area contributed by atoms with Gasteiger partial charge >= 0.3 is 0 Å². The van der Waals surface area contributed by atoms with Gasteiger partial charge in [-0.1, -0.05) is 174 Å². The maximum Gasteiger partial charge on any atom is 0.0725 e. The molecule has 0 fully saturated rings. The Morgan fingerprint density at radius 2 is 1.06 bits per heavy atom. The van der Waals surface area contributed by atoms with E-state index in [0.717, 1.165) is 6.42 Å². The van der Waals surface area contributed by atoms with E-state index in [0.29, 0.717) is 0 Å². The Bertz CT molecular complexity index is 2670. The van der Waals surface area contributed by atoms with Gasteiger partial charge in [0.1, 0.15) is 0 Å². The Morgan fingerprint density at radius 3 is 1.69 bits per heavy atom. The summed E-state index contributed by atoms with van der Waals surface area (Å²) in [6, 6.07) is 59.6. The average molecular weight is 670 g/mol. The zero-order valence-corrected chi connectivity index (χ0v) is 30.7. The maximum atomic E-state index is 2.52. The van der Waals surface area contributed by atoms with Gasteiger partial charge in [-0.25, -0.2) is 0 Å². The highest BCUT2D eigenvalue weighted by molar-refractivity contribution is 6.10. The van der Waals surface area contributed by atoms with Crippen LogP contribution in [0.2, 0.25) is 0 Å². The summed E-state index contributed by atoms with van der Waals surface area (Å²) in [5.74, 6) is 0. The summed E-state index contributed by atoms with van der Waals surface area (Å²) < 4.78 is 2.50. The van der Waals surface area contributed by atoms with Crippen LogP contribution in [0.15, 0.2) is 158 Å². The third-order valence-corrected chi connectivity index (χ3v) is 12.1. The van der Waals surface area contributed by atoms with Crippen LogP contribution in [0.4, 0.5) is 0 Å². The van der Waals surface area contributed by atoms with Crippen molar-refractivity contribution >= 4 is 21.8 Å². The summed E-state index contributed by atoms with van der Waals surface area (Å²) in [5.41, 5.74) is 18.5.